The lowest BCUT2D eigenvalue weighted by molar-refractivity contribution is 0.0681. The summed E-state index contributed by atoms with van der Waals surface area (Å²) in [5.41, 5.74) is 1.58. The van der Waals surface area contributed by atoms with Crippen LogP contribution in [0.1, 0.15) is 25.7 Å². The molecule has 0 unspecified atom stereocenters. The highest BCUT2D eigenvalue weighted by Gasteiger charge is 2.21. The molecular formula is C17H23N3O3. The maximum atomic E-state index is 5.41. The smallest absolute Gasteiger partial charge is 0.163 e. The fraction of sp³-hybridized carbons (Fsp3) is 0.529. The summed E-state index contributed by atoms with van der Waals surface area (Å²) in [6, 6.07) is 4.12. The van der Waals surface area contributed by atoms with Crippen LogP contribution in [0.25, 0.3) is 11.0 Å². The molecule has 124 valence electrons. The molecule has 0 bridgehead atoms. The Morgan fingerprint density at radius 1 is 0.957 bits per heavy atom. The molecule has 0 radical (unpaired) electrons. The van der Waals surface area contributed by atoms with Gasteiger partial charge in [-0.2, -0.15) is 0 Å². The van der Waals surface area contributed by atoms with Gasteiger partial charge in [-0.15, -0.1) is 0 Å². The molecule has 0 aliphatic heterocycles. The molecule has 1 aliphatic rings. The number of anilines is 1. The van der Waals surface area contributed by atoms with Crippen LogP contribution in [-0.2, 0) is 4.74 Å². The molecule has 6 heteroatoms. The molecule has 1 fully saturated rings. The van der Waals surface area contributed by atoms with Crippen molar-refractivity contribution in [1.29, 1.82) is 0 Å². The summed E-state index contributed by atoms with van der Waals surface area (Å²) in [5.74, 6) is 2.12. The van der Waals surface area contributed by atoms with Gasteiger partial charge in [0.1, 0.15) is 5.82 Å². The minimum Gasteiger partial charge on any atom is -0.493 e. The van der Waals surface area contributed by atoms with Crippen LogP contribution in [0, 0.1) is 0 Å². The number of methoxy groups -OCH3 is 3. The lowest BCUT2D eigenvalue weighted by Gasteiger charge is -2.28. The Bertz CT molecular complexity index is 669. The van der Waals surface area contributed by atoms with Crippen molar-refractivity contribution in [3.05, 3.63) is 18.3 Å². The second-order valence-corrected chi connectivity index (χ2v) is 5.80. The van der Waals surface area contributed by atoms with Crippen LogP contribution in [0.4, 0.5) is 5.82 Å². The summed E-state index contributed by atoms with van der Waals surface area (Å²) >= 11 is 0. The van der Waals surface area contributed by atoms with Crippen LogP contribution < -0.4 is 14.8 Å². The number of benzene rings is 1. The highest BCUT2D eigenvalue weighted by molar-refractivity contribution is 5.80. The van der Waals surface area contributed by atoms with E-state index in [0.29, 0.717) is 23.6 Å². The van der Waals surface area contributed by atoms with E-state index < -0.39 is 0 Å². The summed E-state index contributed by atoms with van der Waals surface area (Å²) in [6.45, 7) is 0. The SMILES string of the molecule is COc1cc2ncc(NC3CCC(OC)CC3)nc2cc1OC. The lowest BCUT2D eigenvalue weighted by Crippen LogP contribution is -2.29. The number of hydrogen-bond acceptors (Lipinski definition) is 6. The Balaban J connectivity index is 1.77. The van der Waals surface area contributed by atoms with Gasteiger partial charge in [0, 0.05) is 25.3 Å². The molecule has 1 saturated carbocycles. The molecule has 1 aromatic heterocycles. The third-order valence-corrected chi connectivity index (χ3v) is 4.41. The maximum Gasteiger partial charge on any atom is 0.163 e. The van der Waals surface area contributed by atoms with E-state index in [9.17, 15) is 0 Å². The number of ether oxygens (including phenoxy) is 3. The van der Waals surface area contributed by atoms with Gasteiger partial charge in [-0.1, -0.05) is 0 Å². The fourth-order valence-corrected chi connectivity index (χ4v) is 3.06. The van der Waals surface area contributed by atoms with E-state index >= 15 is 0 Å². The average molecular weight is 317 g/mol. The quantitative estimate of drug-likeness (QED) is 0.914. The number of rotatable bonds is 5. The largest absolute Gasteiger partial charge is 0.493 e. The molecule has 1 aromatic carbocycles. The fourth-order valence-electron chi connectivity index (χ4n) is 3.06. The van der Waals surface area contributed by atoms with Gasteiger partial charge in [-0.05, 0) is 25.7 Å². The molecule has 0 saturated heterocycles. The monoisotopic (exact) mass is 317 g/mol. The first kappa shape index (κ1) is 15.8. The van der Waals surface area contributed by atoms with Crippen LogP contribution >= 0.6 is 0 Å². The Hall–Kier alpha value is -2.08. The highest BCUT2D eigenvalue weighted by Crippen LogP contribution is 2.31. The van der Waals surface area contributed by atoms with Crippen LogP contribution in [0.3, 0.4) is 0 Å². The van der Waals surface area contributed by atoms with Crippen LogP contribution in [0.15, 0.2) is 18.3 Å². The van der Waals surface area contributed by atoms with E-state index in [-0.39, 0.29) is 0 Å². The number of aromatic nitrogens is 2. The maximum absolute atomic E-state index is 5.41. The van der Waals surface area contributed by atoms with Gasteiger partial charge >= 0.3 is 0 Å². The molecular weight excluding hydrogens is 294 g/mol. The zero-order valence-corrected chi connectivity index (χ0v) is 13.8. The van der Waals surface area contributed by atoms with Crippen molar-refractivity contribution < 1.29 is 14.2 Å². The molecule has 1 N–H and O–H groups in total. The molecule has 6 nitrogen and oxygen atoms in total. The van der Waals surface area contributed by atoms with E-state index in [0.717, 1.165) is 42.5 Å². The molecule has 0 spiro atoms. The van der Waals surface area contributed by atoms with Crippen molar-refractivity contribution in [2.24, 2.45) is 0 Å². The second-order valence-electron chi connectivity index (χ2n) is 5.80. The minimum absolute atomic E-state index is 0.396. The first-order valence-electron chi connectivity index (χ1n) is 7.91. The normalized spacial score (nSPS) is 21.2. The third-order valence-electron chi connectivity index (χ3n) is 4.41. The van der Waals surface area contributed by atoms with Gasteiger partial charge in [0.15, 0.2) is 11.5 Å². The van der Waals surface area contributed by atoms with E-state index in [2.05, 4.69) is 15.3 Å². The first-order chi connectivity index (χ1) is 11.2. The van der Waals surface area contributed by atoms with E-state index in [4.69, 9.17) is 14.2 Å². The van der Waals surface area contributed by atoms with Crippen molar-refractivity contribution in [3.8, 4) is 11.5 Å². The second kappa shape index (κ2) is 7.00. The highest BCUT2D eigenvalue weighted by atomic mass is 16.5. The summed E-state index contributed by atoms with van der Waals surface area (Å²) in [4.78, 5) is 9.13. The molecule has 3 rings (SSSR count). The van der Waals surface area contributed by atoms with Crippen LogP contribution in [-0.4, -0.2) is 43.4 Å². The number of hydrogen-bond donors (Lipinski definition) is 1. The van der Waals surface area contributed by atoms with E-state index in [1.54, 1.807) is 27.5 Å². The van der Waals surface area contributed by atoms with Gasteiger partial charge in [-0.3, -0.25) is 4.98 Å². The van der Waals surface area contributed by atoms with E-state index in [1.165, 1.54) is 0 Å². The minimum atomic E-state index is 0.396. The molecule has 1 aliphatic carbocycles. The zero-order chi connectivity index (χ0) is 16.2. The summed E-state index contributed by atoms with van der Waals surface area (Å²) in [5, 5.41) is 3.48. The number of fused-ring (bicyclic) bond motifs is 1. The van der Waals surface area contributed by atoms with Crippen molar-refractivity contribution in [2.75, 3.05) is 26.6 Å². The predicted octanol–water partition coefficient (Wildman–Crippen LogP) is 3.02. The van der Waals surface area contributed by atoms with Crippen molar-refractivity contribution in [1.82, 2.24) is 9.97 Å². The van der Waals surface area contributed by atoms with Crippen LogP contribution in [0.5, 0.6) is 11.5 Å². The Kier molecular flexibility index (Phi) is 4.81. The third kappa shape index (κ3) is 3.47. The first-order valence-corrected chi connectivity index (χ1v) is 7.91. The summed E-state index contributed by atoms with van der Waals surface area (Å²) in [7, 11) is 5.02. The van der Waals surface area contributed by atoms with Crippen molar-refractivity contribution >= 4 is 16.9 Å². The molecule has 23 heavy (non-hydrogen) atoms. The molecule has 0 amide bonds. The summed E-state index contributed by atoms with van der Waals surface area (Å²) in [6.07, 6.45) is 6.51. The Morgan fingerprint density at radius 3 is 2.22 bits per heavy atom. The number of nitrogens with zero attached hydrogens (tertiary/aromatic N) is 2. The van der Waals surface area contributed by atoms with Crippen LogP contribution in [0.2, 0.25) is 0 Å². The Morgan fingerprint density at radius 2 is 1.61 bits per heavy atom. The number of nitrogens with one attached hydrogen (secondary N) is 1. The average Bonchev–Trinajstić information content (AvgIpc) is 2.61. The summed E-state index contributed by atoms with van der Waals surface area (Å²) < 4.78 is 16.0. The molecule has 1 heterocycles. The van der Waals surface area contributed by atoms with Gasteiger partial charge < -0.3 is 19.5 Å². The molecule has 0 atom stereocenters. The van der Waals surface area contributed by atoms with E-state index in [1.807, 2.05) is 12.1 Å². The molecule has 2 aromatic rings. The lowest BCUT2D eigenvalue weighted by atomic mass is 9.93. The van der Waals surface area contributed by atoms with Gasteiger partial charge in [0.25, 0.3) is 0 Å². The topological polar surface area (TPSA) is 65.5 Å². The van der Waals surface area contributed by atoms with Gasteiger partial charge in [0.05, 0.1) is 37.6 Å². The van der Waals surface area contributed by atoms with Gasteiger partial charge in [0.2, 0.25) is 0 Å². The van der Waals surface area contributed by atoms with Crippen molar-refractivity contribution in [3.63, 3.8) is 0 Å². The van der Waals surface area contributed by atoms with Crippen molar-refractivity contribution in [2.45, 2.75) is 37.8 Å². The predicted molar refractivity (Wildman–Crippen MR) is 89.3 cm³/mol. The zero-order valence-electron chi connectivity index (χ0n) is 13.8. The standard InChI is InChI=1S/C17H23N3O3/c1-21-12-6-4-11(5-7-12)19-17-10-18-13-8-15(22-2)16(23-3)9-14(13)20-17/h8-12H,4-7H2,1-3H3,(H,19,20). The van der Waals surface area contributed by atoms with Gasteiger partial charge in [-0.25, -0.2) is 4.98 Å². The Labute approximate surface area is 136 Å².